The largest absolute Gasteiger partial charge is 0.495 e. The Morgan fingerprint density at radius 1 is 1.24 bits per heavy atom. The number of rotatable bonds is 11. The van der Waals surface area contributed by atoms with Gasteiger partial charge in [0.25, 0.3) is 5.95 Å². The molecular weight excluding hydrogens is 476 g/mol. The lowest BCUT2D eigenvalue weighted by Crippen LogP contribution is -2.21. The maximum Gasteiger partial charge on any atom is 0.264 e. The number of hydrogen-bond acceptors (Lipinski definition) is 9. The molecule has 1 amide bonds. The van der Waals surface area contributed by atoms with Crippen molar-refractivity contribution < 1.29 is 9.53 Å². The third-order valence-corrected chi connectivity index (χ3v) is 6.01. The van der Waals surface area contributed by atoms with Gasteiger partial charge in [-0.1, -0.05) is 35.5 Å². The van der Waals surface area contributed by atoms with E-state index in [0.717, 1.165) is 36.1 Å². The number of nitrogens with zero attached hydrogens (tertiary/aromatic N) is 5. The fraction of sp³-hybridized carbons (Fsp3) is 0.273. The maximum atomic E-state index is 12.3. The Morgan fingerprint density at radius 3 is 2.65 bits per heavy atom. The molecule has 0 atom stereocenters. The van der Waals surface area contributed by atoms with E-state index in [1.807, 2.05) is 12.1 Å². The molecule has 1 aromatic heterocycles. The third-order valence-electron chi connectivity index (χ3n) is 4.83. The van der Waals surface area contributed by atoms with E-state index in [4.69, 9.17) is 22.2 Å². The summed E-state index contributed by atoms with van der Waals surface area (Å²) in [5, 5.41) is 15.8. The van der Waals surface area contributed by atoms with Crippen LogP contribution in [0.25, 0.3) is 0 Å². The number of aromatic nitrogens is 3. The predicted molar refractivity (Wildman–Crippen MR) is 139 cm³/mol. The van der Waals surface area contributed by atoms with Crippen LogP contribution in [0, 0.1) is 0 Å². The summed E-state index contributed by atoms with van der Waals surface area (Å²) in [5.41, 5.74) is 5.34. The number of nitrogens with one attached hydrogen (secondary N) is 2. The second-order valence-electron chi connectivity index (χ2n) is 6.99. The number of anilines is 3. The van der Waals surface area contributed by atoms with E-state index in [9.17, 15) is 4.79 Å². The van der Waals surface area contributed by atoms with Crippen molar-refractivity contribution in [3.63, 3.8) is 0 Å². The van der Waals surface area contributed by atoms with Gasteiger partial charge in [0.2, 0.25) is 11.1 Å². The Balaban J connectivity index is 1.54. The molecule has 0 saturated carbocycles. The molecule has 0 spiro atoms. The molecule has 0 saturated heterocycles. The van der Waals surface area contributed by atoms with Gasteiger partial charge in [-0.2, -0.15) is 5.10 Å². The zero-order chi connectivity index (χ0) is 24.5. The van der Waals surface area contributed by atoms with Gasteiger partial charge in [-0.3, -0.25) is 4.79 Å². The first-order chi connectivity index (χ1) is 16.4. The predicted octanol–water partition coefficient (Wildman–Crippen LogP) is 3.68. The molecule has 0 bridgehead atoms. The maximum absolute atomic E-state index is 12.3. The molecule has 0 aliphatic heterocycles. The van der Waals surface area contributed by atoms with Gasteiger partial charge in [0, 0.05) is 23.8 Å². The molecule has 3 rings (SSSR count). The van der Waals surface area contributed by atoms with E-state index >= 15 is 0 Å². The van der Waals surface area contributed by atoms with Gasteiger partial charge in [-0.05, 0) is 49.7 Å². The second-order valence-corrected chi connectivity index (χ2v) is 8.37. The first kappa shape index (κ1) is 25.2. The second kappa shape index (κ2) is 12.1. The highest BCUT2D eigenvalue weighted by Crippen LogP contribution is 2.28. The highest BCUT2D eigenvalue weighted by molar-refractivity contribution is 7.99. The van der Waals surface area contributed by atoms with Crippen molar-refractivity contribution in [3.05, 3.63) is 53.1 Å². The summed E-state index contributed by atoms with van der Waals surface area (Å²) in [7, 11) is 1.52. The quantitative estimate of drug-likeness (QED) is 0.157. The van der Waals surface area contributed by atoms with Crippen LogP contribution in [0.4, 0.5) is 17.3 Å². The molecule has 0 aliphatic rings. The molecule has 1 heterocycles. The van der Waals surface area contributed by atoms with E-state index in [1.54, 1.807) is 24.4 Å². The molecular formula is C22H27ClN8O2S. The number of benzene rings is 2. The minimum absolute atomic E-state index is 0.0627. The normalized spacial score (nSPS) is 10.9. The summed E-state index contributed by atoms with van der Waals surface area (Å²) >= 11 is 7.13. The Labute approximate surface area is 207 Å². The summed E-state index contributed by atoms with van der Waals surface area (Å²) in [6.07, 6.45) is 1.67. The van der Waals surface area contributed by atoms with Gasteiger partial charge in [-0.15, -0.1) is 10.2 Å². The Morgan fingerprint density at radius 2 is 1.97 bits per heavy atom. The van der Waals surface area contributed by atoms with Gasteiger partial charge in [-0.25, -0.2) is 10.1 Å². The lowest BCUT2D eigenvalue weighted by atomic mass is 10.2. The fourth-order valence-corrected chi connectivity index (χ4v) is 3.90. The van der Waals surface area contributed by atoms with E-state index in [1.165, 1.54) is 11.8 Å². The van der Waals surface area contributed by atoms with Gasteiger partial charge in [0.05, 0.1) is 24.8 Å². The average molecular weight is 503 g/mol. The van der Waals surface area contributed by atoms with Gasteiger partial charge in [0.15, 0.2) is 0 Å². The molecule has 180 valence electrons. The summed E-state index contributed by atoms with van der Waals surface area (Å²) in [5.74, 6) is 6.58. The van der Waals surface area contributed by atoms with Crippen LogP contribution in [0.15, 0.2) is 52.7 Å². The van der Waals surface area contributed by atoms with Crippen molar-refractivity contribution in [3.8, 4) is 5.75 Å². The molecule has 0 radical (unpaired) electrons. The number of carbonyl (C=O) groups excluding carboxylic acids is 1. The van der Waals surface area contributed by atoms with Crippen molar-refractivity contribution in [2.24, 2.45) is 5.10 Å². The Kier molecular flexibility index (Phi) is 9.00. The van der Waals surface area contributed by atoms with Crippen molar-refractivity contribution in [1.82, 2.24) is 14.9 Å². The van der Waals surface area contributed by atoms with Crippen LogP contribution in [0.5, 0.6) is 5.75 Å². The van der Waals surface area contributed by atoms with E-state index in [2.05, 4.69) is 56.9 Å². The highest BCUT2D eigenvalue weighted by Gasteiger charge is 2.13. The third kappa shape index (κ3) is 6.55. The monoisotopic (exact) mass is 502 g/mol. The number of methoxy groups -OCH3 is 1. The van der Waals surface area contributed by atoms with Gasteiger partial charge in [0.1, 0.15) is 5.75 Å². The van der Waals surface area contributed by atoms with Gasteiger partial charge < -0.3 is 20.8 Å². The lowest BCUT2D eigenvalue weighted by Gasteiger charge is -2.20. The van der Waals surface area contributed by atoms with E-state index in [0.29, 0.717) is 21.6 Å². The number of halogens is 1. The standard InChI is InChI=1S/C22H27ClN8O2S/c1-4-30(5-2)17-9-6-15(7-10-17)13-25-27-21-28-29-22(31(21)24)34-14-20(32)26-18-12-16(23)8-11-19(18)33-3/h6-13H,4-5,14,24H2,1-3H3,(H,26,32)(H,27,28)/b25-13+. The molecule has 0 aliphatic carbocycles. The van der Waals surface area contributed by atoms with Crippen molar-refractivity contribution in [2.75, 3.05) is 47.4 Å². The van der Waals surface area contributed by atoms with Crippen LogP contribution in [-0.4, -0.2) is 52.9 Å². The van der Waals surface area contributed by atoms with Crippen molar-refractivity contribution in [1.29, 1.82) is 0 Å². The topological polar surface area (TPSA) is 123 Å². The van der Waals surface area contributed by atoms with Crippen LogP contribution in [0.3, 0.4) is 0 Å². The Bertz CT molecular complexity index is 1130. The summed E-state index contributed by atoms with van der Waals surface area (Å²) in [6.45, 7) is 6.16. The fourth-order valence-electron chi connectivity index (χ4n) is 3.07. The van der Waals surface area contributed by atoms with Crippen LogP contribution >= 0.6 is 23.4 Å². The first-order valence-electron chi connectivity index (χ1n) is 10.6. The van der Waals surface area contributed by atoms with Crippen LogP contribution < -0.4 is 26.2 Å². The summed E-state index contributed by atoms with van der Waals surface area (Å²) < 4.78 is 6.47. The number of hydrogen-bond donors (Lipinski definition) is 3. The SMILES string of the molecule is CCN(CC)c1ccc(/C=N/Nc2nnc(SCC(=O)Nc3cc(Cl)ccc3OC)n2N)cc1. The number of nitrogens with two attached hydrogens (primary N) is 1. The molecule has 10 nitrogen and oxygen atoms in total. The number of nitrogen functional groups attached to an aromatic ring is 1. The first-order valence-corrected chi connectivity index (χ1v) is 11.9. The van der Waals surface area contributed by atoms with E-state index < -0.39 is 0 Å². The number of carbonyl (C=O) groups is 1. The number of thioether (sulfide) groups is 1. The lowest BCUT2D eigenvalue weighted by molar-refractivity contribution is -0.113. The molecule has 3 aromatic rings. The van der Waals surface area contributed by atoms with Crippen LogP contribution in [-0.2, 0) is 4.79 Å². The molecule has 4 N–H and O–H groups in total. The smallest absolute Gasteiger partial charge is 0.264 e. The number of amides is 1. The highest BCUT2D eigenvalue weighted by atomic mass is 35.5. The number of ether oxygens (including phenoxy) is 1. The molecule has 12 heteroatoms. The van der Waals surface area contributed by atoms with Crippen molar-refractivity contribution >= 4 is 52.8 Å². The Hall–Kier alpha value is -3.44. The van der Waals surface area contributed by atoms with Crippen molar-refractivity contribution in [2.45, 2.75) is 19.0 Å². The summed E-state index contributed by atoms with van der Waals surface area (Å²) in [4.78, 5) is 14.6. The van der Waals surface area contributed by atoms with E-state index in [-0.39, 0.29) is 17.6 Å². The minimum atomic E-state index is -0.269. The average Bonchev–Trinajstić information content (AvgIpc) is 3.19. The van der Waals surface area contributed by atoms with Gasteiger partial charge >= 0.3 is 0 Å². The summed E-state index contributed by atoms with van der Waals surface area (Å²) in [6, 6.07) is 13.1. The zero-order valence-corrected chi connectivity index (χ0v) is 20.7. The molecule has 2 aromatic carbocycles. The van der Waals surface area contributed by atoms with Crippen LogP contribution in [0.2, 0.25) is 5.02 Å². The molecule has 0 unspecified atom stereocenters. The molecule has 34 heavy (non-hydrogen) atoms. The minimum Gasteiger partial charge on any atom is -0.495 e. The zero-order valence-electron chi connectivity index (χ0n) is 19.2. The molecule has 0 fully saturated rings. The number of hydrazone groups is 1. The van der Waals surface area contributed by atoms with Crippen LogP contribution in [0.1, 0.15) is 19.4 Å².